The molecule has 8 heteroatoms. The van der Waals surface area contributed by atoms with Crippen LogP contribution in [0.2, 0.25) is 0 Å². The average molecular weight is 463 g/mol. The monoisotopic (exact) mass is 462 g/mol. The SMILES string of the molecule is CCC(NC(=O)C1CCN(S(=O)(=O)Cc2ccc(F)cc2)CC1)c1ccc(OC)c(C)c1. The first-order chi connectivity index (χ1) is 15.2. The summed E-state index contributed by atoms with van der Waals surface area (Å²) in [6, 6.07) is 11.3. The summed E-state index contributed by atoms with van der Waals surface area (Å²) in [7, 11) is -1.88. The lowest BCUT2D eigenvalue weighted by Gasteiger charge is -2.31. The maximum Gasteiger partial charge on any atom is 0.223 e. The van der Waals surface area contributed by atoms with E-state index in [4.69, 9.17) is 4.74 Å². The van der Waals surface area contributed by atoms with E-state index in [1.54, 1.807) is 7.11 Å². The molecule has 3 rings (SSSR count). The Morgan fingerprint density at radius 1 is 1.19 bits per heavy atom. The third-order valence-corrected chi connectivity index (χ3v) is 7.88. The molecule has 0 aromatic heterocycles. The van der Waals surface area contributed by atoms with Gasteiger partial charge in [0.05, 0.1) is 18.9 Å². The zero-order valence-corrected chi connectivity index (χ0v) is 19.6. The molecule has 0 saturated carbocycles. The molecule has 174 valence electrons. The van der Waals surface area contributed by atoms with Crippen LogP contribution in [0, 0.1) is 18.7 Å². The van der Waals surface area contributed by atoms with Crippen molar-refractivity contribution in [3.63, 3.8) is 0 Å². The Labute approximate surface area is 189 Å². The van der Waals surface area contributed by atoms with Gasteiger partial charge < -0.3 is 10.1 Å². The van der Waals surface area contributed by atoms with Gasteiger partial charge in [0.1, 0.15) is 11.6 Å². The van der Waals surface area contributed by atoms with Gasteiger partial charge in [0.15, 0.2) is 0 Å². The highest BCUT2D eigenvalue weighted by molar-refractivity contribution is 7.88. The van der Waals surface area contributed by atoms with Crippen molar-refractivity contribution >= 4 is 15.9 Å². The molecule has 1 atom stereocenters. The molecule has 1 heterocycles. The zero-order chi connectivity index (χ0) is 23.3. The second-order valence-electron chi connectivity index (χ2n) is 8.25. The maximum absolute atomic E-state index is 13.1. The number of piperidine rings is 1. The number of halogens is 1. The molecule has 1 saturated heterocycles. The zero-order valence-electron chi connectivity index (χ0n) is 18.8. The van der Waals surface area contributed by atoms with Crippen molar-refractivity contribution in [2.75, 3.05) is 20.2 Å². The van der Waals surface area contributed by atoms with Crippen LogP contribution in [-0.2, 0) is 20.6 Å². The normalized spacial score (nSPS) is 16.5. The van der Waals surface area contributed by atoms with Crippen molar-refractivity contribution in [2.24, 2.45) is 5.92 Å². The summed E-state index contributed by atoms with van der Waals surface area (Å²) in [5.74, 6) is -0.0160. The topological polar surface area (TPSA) is 75.7 Å². The number of nitrogens with zero attached hydrogens (tertiary/aromatic N) is 1. The number of nitrogens with one attached hydrogen (secondary N) is 1. The first kappa shape index (κ1) is 24.2. The van der Waals surface area contributed by atoms with Crippen LogP contribution in [0.5, 0.6) is 5.75 Å². The molecule has 1 unspecified atom stereocenters. The molecule has 1 aliphatic heterocycles. The van der Waals surface area contributed by atoms with Crippen molar-refractivity contribution < 1.29 is 22.3 Å². The number of methoxy groups -OCH3 is 1. The number of aryl methyl sites for hydroxylation is 1. The van der Waals surface area contributed by atoms with E-state index < -0.39 is 15.8 Å². The molecule has 6 nitrogen and oxygen atoms in total. The van der Waals surface area contributed by atoms with Crippen LogP contribution < -0.4 is 10.1 Å². The summed E-state index contributed by atoms with van der Waals surface area (Å²) in [6.45, 7) is 4.61. The van der Waals surface area contributed by atoms with Crippen LogP contribution in [0.15, 0.2) is 42.5 Å². The predicted octanol–water partition coefficient (Wildman–Crippen LogP) is 3.95. The maximum atomic E-state index is 13.1. The minimum Gasteiger partial charge on any atom is -0.496 e. The number of rotatable bonds is 8. The molecule has 32 heavy (non-hydrogen) atoms. The molecule has 1 N–H and O–H groups in total. The third-order valence-electron chi connectivity index (χ3n) is 6.03. The lowest BCUT2D eigenvalue weighted by Crippen LogP contribution is -2.44. The number of ether oxygens (including phenoxy) is 1. The molecule has 2 aromatic rings. The summed E-state index contributed by atoms with van der Waals surface area (Å²) < 4.78 is 45.3. The minimum absolute atomic E-state index is 0.0408. The predicted molar refractivity (Wildman–Crippen MR) is 122 cm³/mol. The van der Waals surface area contributed by atoms with E-state index >= 15 is 0 Å². The van der Waals surface area contributed by atoms with Crippen molar-refractivity contribution in [2.45, 2.75) is 44.9 Å². The highest BCUT2D eigenvalue weighted by atomic mass is 32.2. The van der Waals surface area contributed by atoms with Crippen molar-refractivity contribution in [3.05, 3.63) is 65.0 Å². The van der Waals surface area contributed by atoms with Crippen LogP contribution in [-0.4, -0.2) is 38.8 Å². The van der Waals surface area contributed by atoms with Gasteiger partial charge in [-0.15, -0.1) is 0 Å². The number of carbonyl (C=O) groups is 1. The van der Waals surface area contributed by atoms with Gasteiger partial charge in [0.25, 0.3) is 0 Å². The summed E-state index contributed by atoms with van der Waals surface area (Å²) in [5.41, 5.74) is 2.59. The molecule has 0 radical (unpaired) electrons. The summed E-state index contributed by atoms with van der Waals surface area (Å²) in [6.07, 6.45) is 1.71. The van der Waals surface area contributed by atoms with Crippen molar-refractivity contribution in [1.29, 1.82) is 0 Å². The fourth-order valence-corrected chi connectivity index (χ4v) is 5.67. The van der Waals surface area contributed by atoms with E-state index in [0.717, 1.165) is 23.3 Å². The van der Waals surface area contributed by atoms with E-state index in [0.29, 0.717) is 31.5 Å². The van der Waals surface area contributed by atoms with Gasteiger partial charge in [0.2, 0.25) is 15.9 Å². The molecule has 1 amide bonds. The highest BCUT2D eigenvalue weighted by Gasteiger charge is 2.32. The van der Waals surface area contributed by atoms with Gasteiger partial charge in [-0.3, -0.25) is 4.79 Å². The van der Waals surface area contributed by atoms with E-state index in [-0.39, 0.29) is 23.6 Å². The van der Waals surface area contributed by atoms with Gasteiger partial charge in [-0.05, 0) is 61.1 Å². The number of amides is 1. The second kappa shape index (κ2) is 10.4. The van der Waals surface area contributed by atoms with Crippen LogP contribution in [0.3, 0.4) is 0 Å². The Bertz CT molecular complexity index is 1030. The van der Waals surface area contributed by atoms with Crippen LogP contribution >= 0.6 is 0 Å². The summed E-state index contributed by atoms with van der Waals surface area (Å²) in [5, 5.41) is 3.13. The van der Waals surface area contributed by atoms with Gasteiger partial charge in [-0.2, -0.15) is 0 Å². The Hall–Kier alpha value is -2.45. The number of hydrogen-bond donors (Lipinski definition) is 1. The molecule has 0 aliphatic carbocycles. The molecule has 2 aromatic carbocycles. The van der Waals surface area contributed by atoms with Gasteiger partial charge >= 0.3 is 0 Å². The van der Waals surface area contributed by atoms with E-state index in [9.17, 15) is 17.6 Å². The fraction of sp³-hybridized carbons (Fsp3) is 0.458. The Balaban J connectivity index is 1.57. The van der Waals surface area contributed by atoms with Crippen LogP contribution in [0.1, 0.15) is 48.9 Å². The van der Waals surface area contributed by atoms with Crippen LogP contribution in [0.25, 0.3) is 0 Å². The van der Waals surface area contributed by atoms with E-state index in [1.807, 2.05) is 32.0 Å². The smallest absolute Gasteiger partial charge is 0.223 e. The van der Waals surface area contributed by atoms with Crippen LogP contribution in [0.4, 0.5) is 4.39 Å². The minimum atomic E-state index is -3.51. The molecular formula is C24H31FN2O4S. The largest absolute Gasteiger partial charge is 0.496 e. The first-order valence-electron chi connectivity index (χ1n) is 10.9. The number of hydrogen-bond acceptors (Lipinski definition) is 4. The number of carbonyl (C=O) groups excluding carboxylic acids is 1. The lowest BCUT2D eigenvalue weighted by molar-refractivity contribution is -0.126. The average Bonchev–Trinajstić information content (AvgIpc) is 2.78. The molecule has 0 spiro atoms. The molecule has 1 aliphatic rings. The Morgan fingerprint density at radius 3 is 2.41 bits per heavy atom. The van der Waals surface area contributed by atoms with Crippen molar-refractivity contribution in [1.82, 2.24) is 9.62 Å². The Kier molecular flexibility index (Phi) is 7.90. The van der Waals surface area contributed by atoms with Gasteiger partial charge in [-0.25, -0.2) is 17.1 Å². The highest BCUT2D eigenvalue weighted by Crippen LogP contribution is 2.26. The fourth-order valence-electron chi connectivity index (χ4n) is 4.11. The van der Waals surface area contributed by atoms with E-state index in [1.165, 1.54) is 28.6 Å². The van der Waals surface area contributed by atoms with Gasteiger partial charge in [-0.1, -0.05) is 31.2 Å². The second-order valence-corrected chi connectivity index (χ2v) is 10.2. The summed E-state index contributed by atoms with van der Waals surface area (Å²) in [4.78, 5) is 12.9. The molecule has 1 fully saturated rings. The number of sulfonamides is 1. The van der Waals surface area contributed by atoms with Gasteiger partial charge in [0, 0.05) is 19.0 Å². The van der Waals surface area contributed by atoms with E-state index in [2.05, 4.69) is 5.32 Å². The quantitative estimate of drug-likeness (QED) is 0.645. The summed E-state index contributed by atoms with van der Waals surface area (Å²) >= 11 is 0. The molecular weight excluding hydrogens is 431 g/mol. The third kappa shape index (κ3) is 5.86. The van der Waals surface area contributed by atoms with Crippen molar-refractivity contribution in [3.8, 4) is 5.75 Å². The molecule has 0 bridgehead atoms. The lowest BCUT2D eigenvalue weighted by atomic mass is 9.95. The first-order valence-corrected chi connectivity index (χ1v) is 12.5. The standard InChI is InChI=1S/C24H31FN2O4S/c1-4-22(20-7-10-23(31-3)17(2)15-20)26-24(28)19-11-13-27(14-12-19)32(29,30)16-18-5-8-21(25)9-6-18/h5-10,15,19,22H,4,11-14,16H2,1-3H3,(H,26,28). The number of benzene rings is 2. The Morgan fingerprint density at radius 2 is 1.84 bits per heavy atom.